The third-order valence-corrected chi connectivity index (χ3v) is 5.72. The fraction of sp³-hybridized carbons (Fsp3) is 0.182. The number of nitriles is 4. The molecule has 2 bridgehead atoms. The maximum atomic E-state index is 12.7. The minimum absolute atomic E-state index is 0.193. The van der Waals surface area contributed by atoms with Crippen molar-refractivity contribution in [2.45, 2.75) is 5.60 Å². The molecule has 0 aromatic heterocycles. The van der Waals surface area contributed by atoms with Crippen molar-refractivity contribution < 1.29 is 14.3 Å². The summed E-state index contributed by atoms with van der Waals surface area (Å²) in [4.78, 5) is 25.3. The van der Waals surface area contributed by atoms with Gasteiger partial charge >= 0.3 is 0 Å². The Morgan fingerprint density at radius 2 is 1.48 bits per heavy atom. The molecule has 0 fully saturated rings. The molecule has 2 aliphatic carbocycles. The molecule has 0 saturated carbocycles. The molecule has 0 radical (unpaired) electrons. The second-order valence-corrected chi connectivity index (χ2v) is 6.85. The molecule has 0 N–H and O–H groups in total. The number of hydrogen-bond acceptors (Lipinski definition) is 7. The first kappa shape index (κ1) is 17.9. The Hall–Kier alpha value is -4.46. The number of hydrogen-bond donors (Lipinski definition) is 0. The van der Waals surface area contributed by atoms with Crippen LogP contribution in [0.15, 0.2) is 66.0 Å². The van der Waals surface area contributed by atoms with Crippen molar-refractivity contribution in [3.05, 3.63) is 71.5 Å². The zero-order chi connectivity index (χ0) is 20.9. The first-order chi connectivity index (χ1) is 14.0. The summed E-state index contributed by atoms with van der Waals surface area (Å²) in [6, 6.07) is 15.5. The van der Waals surface area contributed by atoms with E-state index in [1.165, 1.54) is 12.2 Å². The Kier molecular flexibility index (Phi) is 3.57. The van der Waals surface area contributed by atoms with Crippen molar-refractivity contribution in [2.75, 3.05) is 0 Å². The Bertz CT molecular complexity index is 1200. The third kappa shape index (κ3) is 1.82. The molecule has 1 aromatic rings. The molecular formula is C22H10N4O3. The quantitative estimate of drug-likeness (QED) is 0.539. The molecule has 2 atom stereocenters. The van der Waals surface area contributed by atoms with Crippen molar-refractivity contribution in [1.29, 1.82) is 21.0 Å². The molecule has 2 aliphatic heterocycles. The number of carbonyl (C=O) groups is 2. The molecule has 7 heteroatoms. The van der Waals surface area contributed by atoms with Gasteiger partial charge in [-0.3, -0.25) is 9.59 Å². The molecule has 2 heterocycles. The van der Waals surface area contributed by atoms with E-state index in [4.69, 9.17) is 4.74 Å². The van der Waals surface area contributed by atoms with E-state index >= 15 is 0 Å². The molecule has 0 amide bonds. The molecule has 1 aromatic carbocycles. The van der Waals surface area contributed by atoms with Crippen molar-refractivity contribution in [3.8, 4) is 24.3 Å². The van der Waals surface area contributed by atoms with Gasteiger partial charge in [-0.15, -0.1) is 0 Å². The smallest absolute Gasteiger partial charge is 0.223 e. The number of allylic oxidation sites excluding steroid dienone is 4. The first-order valence-electron chi connectivity index (χ1n) is 8.56. The fourth-order valence-electron chi connectivity index (χ4n) is 4.33. The average molecular weight is 378 g/mol. The molecule has 2 unspecified atom stereocenters. The number of rotatable bonds is 1. The molecule has 0 saturated heterocycles. The van der Waals surface area contributed by atoms with Crippen LogP contribution >= 0.6 is 0 Å². The zero-order valence-electron chi connectivity index (χ0n) is 14.8. The van der Waals surface area contributed by atoms with Gasteiger partial charge in [-0.05, 0) is 18.2 Å². The summed E-state index contributed by atoms with van der Waals surface area (Å²) in [5, 5.41) is 40.5. The van der Waals surface area contributed by atoms with Crippen LogP contribution in [-0.4, -0.2) is 11.6 Å². The zero-order valence-corrected chi connectivity index (χ0v) is 14.8. The lowest BCUT2D eigenvalue weighted by Gasteiger charge is -2.47. The molecule has 5 rings (SSSR count). The van der Waals surface area contributed by atoms with Crippen LogP contribution in [-0.2, 0) is 19.9 Å². The van der Waals surface area contributed by atoms with Crippen LogP contribution in [0, 0.1) is 62.1 Å². The van der Waals surface area contributed by atoms with Crippen molar-refractivity contribution in [2.24, 2.45) is 16.7 Å². The number of ketones is 2. The second kappa shape index (κ2) is 5.77. The summed E-state index contributed by atoms with van der Waals surface area (Å²) in [7, 11) is 0. The van der Waals surface area contributed by atoms with E-state index in [0.29, 0.717) is 5.56 Å². The molecular weight excluding hydrogens is 368 g/mol. The van der Waals surface area contributed by atoms with Crippen LogP contribution in [0.4, 0.5) is 0 Å². The van der Waals surface area contributed by atoms with E-state index < -0.39 is 33.9 Å². The lowest BCUT2D eigenvalue weighted by molar-refractivity contribution is -0.122. The molecule has 4 aliphatic rings. The van der Waals surface area contributed by atoms with Gasteiger partial charge in [-0.2, -0.15) is 21.0 Å². The molecule has 29 heavy (non-hydrogen) atoms. The summed E-state index contributed by atoms with van der Waals surface area (Å²) in [5.74, 6) is -2.88. The number of ether oxygens (including phenoxy) is 1. The van der Waals surface area contributed by atoms with Crippen molar-refractivity contribution in [3.63, 3.8) is 0 Å². The van der Waals surface area contributed by atoms with E-state index in [9.17, 15) is 30.6 Å². The van der Waals surface area contributed by atoms with Gasteiger partial charge < -0.3 is 4.74 Å². The van der Waals surface area contributed by atoms with Gasteiger partial charge in [0, 0.05) is 11.5 Å². The minimum Gasteiger partial charge on any atom is -0.471 e. The summed E-state index contributed by atoms with van der Waals surface area (Å²) in [6.45, 7) is 0. The third-order valence-electron chi connectivity index (χ3n) is 5.72. The van der Waals surface area contributed by atoms with Gasteiger partial charge in [0.2, 0.25) is 11.2 Å². The van der Waals surface area contributed by atoms with E-state index in [1.54, 1.807) is 30.3 Å². The molecule has 7 nitrogen and oxygen atoms in total. The topological polar surface area (TPSA) is 139 Å². The van der Waals surface area contributed by atoms with Gasteiger partial charge in [0.1, 0.15) is 0 Å². The van der Waals surface area contributed by atoms with Gasteiger partial charge in [0.25, 0.3) is 0 Å². The molecule has 0 spiro atoms. The van der Waals surface area contributed by atoms with Crippen LogP contribution in [0.2, 0.25) is 0 Å². The maximum Gasteiger partial charge on any atom is 0.223 e. The minimum atomic E-state index is -2.36. The number of fused-ring (bicyclic) bond motifs is 1. The van der Waals surface area contributed by atoms with E-state index in [0.717, 1.165) is 12.2 Å². The van der Waals surface area contributed by atoms with E-state index in [-0.39, 0.29) is 11.3 Å². The lowest BCUT2D eigenvalue weighted by Crippen LogP contribution is -2.58. The van der Waals surface area contributed by atoms with Gasteiger partial charge in [0.15, 0.2) is 22.6 Å². The Morgan fingerprint density at radius 1 is 0.862 bits per heavy atom. The maximum absolute atomic E-state index is 12.7. The Labute approximate surface area is 165 Å². The fourth-order valence-corrected chi connectivity index (χ4v) is 4.33. The Balaban J connectivity index is 2.22. The highest BCUT2D eigenvalue weighted by atomic mass is 16.5. The predicted molar refractivity (Wildman–Crippen MR) is 95.3 cm³/mol. The van der Waals surface area contributed by atoms with E-state index in [1.807, 2.05) is 24.3 Å². The first-order valence-corrected chi connectivity index (χ1v) is 8.56. The molecule has 136 valence electrons. The van der Waals surface area contributed by atoms with Crippen LogP contribution in [0.3, 0.4) is 0 Å². The largest absolute Gasteiger partial charge is 0.471 e. The lowest BCUT2D eigenvalue weighted by atomic mass is 9.48. The van der Waals surface area contributed by atoms with Crippen LogP contribution in [0.5, 0.6) is 0 Å². The highest BCUT2D eigenvalue weighted by Gasteiger charge is 2.75. The number of benzene rings is 1. The summed E-state index contributed by atoms with van der Waals surface area (Å²) < 4.78 is 6.04. The number of carbonyl (C=O) groups excluding carboxylic acids is 2. The average Bonchev–Trinajstić information content (AvgIpc) is 3.00. The van der Waals surface area contributed by atoms with Crippen molar-refractivity contribution in [1.82, 2.24) is 0 Å². The monoisotopic (exact) mass is 378 g/mol. The summed E-state index contributed by atoms with van der Waals surface area (Å²) in [6.07, 6.45) is 4.89. The Morgan fingerprint density at radius 3 is 2.07 bits per heavy atom. The number of nitrogens with zero attached hydrogens (tertiary/aromatic N) is 4. The second-order valence-electron chi connectivity index (χ2n) is 6.85. The van der Waals surface area contributed by atoms with Gasteiger partial charge in [0.05, 0.1) is 29.8 Å². The normalized spacial score (nSPS) is 27.5. The SMILES string of the molecule is N#CC1(C#N)C2C=CC(c3ccccc3)(OC3=C2C(=O)C=CC3=O)C1(C#N)C#N. The van der Waals surface area contributed by atoms with Gasteiger partial charge in [-0.1, -0.05) is 36.4 Å². The predicted octanol–water partition coefficient (Wildman–Crippen LogP) is 2.13. The van der Waals surface area contributed by atoms with Crippen LogP contribution in [0.1, 0.15) is 5.56 Å². The van der Waals surface area contributed by atoms with Crippen molar-refractivity contribution >= 4 is 11.6 Å². The van der Waals surface area contributed by atoms with E-state index in [2.05, 4.69) is 0 Å². The van der Waals surface area contributed by atoms with Crippen LogP contribution in [0.25, 0.3) is 0 Å². The highest BCUT2D eigenvalue weighted by molar-refractivity contribution is 6.20. The van der Waals surface area contributed by atoms with Gasteiger partial charge in [-0.25, -0.2) is 0 Å². The standard InChI is InChI=1S/C22H10N4O3/c23-10-20(11-24)15-8-9-22(21(20,12-25)13-26,14-4-2-1-3-5-14)29-19-17(28)7-6-16(27)18(15)19/h1-9,15H. The summed E-state index contributed by atoms with van der Waals surface area (Å²) >= 11 is 0. The summed E-state index contributed by atoms with van der Waals surface area (Å²) in [5.41, 5.74) is -6.49. The van der Waals surface area contributed by atoms with Crippen LogP contribution < -0.4 is 0 Å². The highest BCUT2D eigenvalue weighted by Crippen LogP contribution is 2.64.